The van der Waals surface area contributed by atoms with Gasteiger partial charge < -0.3 is 4.42 Å². The molecule has 0 atom stereocenters. The molecule has 34 heavy (non-hydrogen) atoms. The van der Waals surface area contributed by atoms with Gasteiger partial charge in [0.15, 0.2) is 0 Å². The summed E-state index contributed by atoms with van der Waals surface area (Å²) in [5.41, 5.74) is 8.88. The minimum absolute atomic E-state index is 0.904. The third kappa shape index (κ3) is 3.09. The van der Waals surface area contributed by atoms with Crippen LogP contribution >= 0.6 is 0 Å². The molecule has 0 saturated carbocycles. The van der Waals surface area contributed by atoms with Crippen LogP contribution in [-0.4, -0.2) is 0 Å². The maximum absolute atomic E-state index is 6.24. The molecular weight excluding hydrogens is 412 g/mol. The first-order chi connectivity index (χ1) is 16.8. The fourth-order valence-electron chi connectivity index (χ4n) is 5.14. The van der Waals surface area contributed by atoms with Crippen molar-refractivity contribution >= 4 is 44.9 Å². The van der Waals surface area contributed by atoms with E-state index in [0.29, 0.717) is 0 Å². The van der Waals surface area contributed by atoms with E-state index in [1.165, 1.54) is 33.0 Å². The Morgan fingerprint density at radius 3 is 1.91 bits per heavy atom. The highest BCUT2D eigenvalue weighted by Gasteiger charge is 2.19. The van der Waals surface area contributed by atoms with Crippen molar-refractivity contribution in [1.29, 1.82) is 0 Å². The molecule has 0 unspecified atom stereocenters. The number of fused-ring (bicyclic) bond motifs is 4. The Labute approximate surface area is 199 Å². The van der Waals surface area contributed by atoms with Gasteiger partial charge in [-0.2, -0.15) is 0 Å². The first-order valence-corrected chi connectivity index (χ1v) is 11.6. The summed E-state index contributed by atoms with van der Waals surface area (Å²) in [5, 5.41) is 4.72. The molecule has 1 heterocycles. The molecule has 1 nitrogen and oxygen atoms in total. The Morgan fingerprint density at radius 1 is 0.588 bits per heavy atom. The number of hydrogen-bond acceptors (Lipinski definition) is 1. The fourth-order valence-corrected chi connectivity index (χ4v) is 5.14. The van der Waals surface area contributed by atoms with Crippen molar-refractivity contribution in [2.45, 2.75) is 6.92 Å². The van der Waals surface area contributed by atoms with Crippen LogP contribution in [0.25, 0.3) is 67.1 Å². The zero-order valence-corrected chi connectivity index (χ0v) is 19.1. The van der Waals surface area contributed by atoms with Gasteiger partial charge in [-0.05, 0) is 69.3 Å². The highest BCUT2D eigenvalue weighted by Crippen LogP contribution is 2.44. The lowest BCUT2D eigenvalue weighted by Gasteiger charge is -2.20. The van der Waals surface area contributed by atoms with E-state index >= 15 is 0 Å². The van der Waals surface area contributed by atoms with Gasteiger partial charge in [-0.1, -0.05) is 104 Å². The predicted octanol–water partition coefficient (Wildman–Crippen LogP) is 9.75. The van der Waals surface area contributed by atoms with Crippen LogP contribution in [0.15, 0.2) is 114 Å². The third-order valence-corrected chi connectivity index (χ3v) is 6.56. The highest BCUT2D eigenvalue weighted by atomic mass is 16.3. The highest BCUT2D eigenvalue weighted by molar-refractivity contribution is 6.13. The summed E-state index contributed by atoms with van der Waals surface area (Å²) < 4.78 is 6.24. The normalized spacial score (nSPS) is 11.7. The Kier molecular flexibility index (Phi) is 4.89. The SMILES string of the molecule is C=Cc1c(/C=C\C)c(-c2ccc3c(c2)oc2ccccc23)c2ccccc2c1-c1ccccc1. The number of rotatable bonds is 4. The number of allylic oxidation sites excluding steroid dienone is 1. The molecule has 0 spiro atoms. The van der Waals surface area contributed by atoms with Crippen molar-refractivity contribution in [3.63, 3.8) is 0 Å². The molecule has 0 aliphatic rings. The molecule has 0 bridgehead atoms. The minimum Gasteiger partial charge on any atom is -0.456 e. The lowest BCUT2D eigenvalue weighted by Crippen LogP contribution is -1.96. The van der Waals surface area contributed by atoms with E-state index in [-0.39, 0.29) is 0 Å². The maximum atomic E-state index is 6.24. The van der Waals surface area contributed by atoms with Crippen LogP contribution in [0, 0.1) is 0 Å². The molecule has 0 fully saturated rings. The Balaban J connectivity index is 1.74. The van der Waals surface area contributed by atoms with Gasteiger partial charge >= 0.3 is 0 Å². The molecule has 0 aliphatic heterocycles. The van der Waals surface area contributed by atoms with Gasteiger partial charge in [-0.15, -0.1) is 0 Å². The van der Waals surface area contributed by atoms with Crippen LogP contribution in [0.3, 0.4) is 0 Å². The van der Waals surface area contributed by atoms with Crippen molar-refractivity contribution in [3.8, 4) is 22.3 Å². The first-order valence-electron chi connectivity index (χ1n) is 11.6. The van der Waals surface area contributed by atoms with Crippen molar-refractivity contribution in [3.05, 3.63) is 121 Å². The molecule has 0 amide bonds. The average molecular weight is 437 g/mol. The summed E-state index contributed by atoms with van der Waals surface area (Å²) in [6, 6.07) is 34.1. The van der Waals surface area contributed by atoms with Gasteiger partial charge in [0.1, 0.15) is 11.2 Å². The second-order valence-electron chi connectivity index (χ2n) is 8.50. The van der Waals surface area contributed by atoms with Gasteiger partial charge in [0.25, 0.3) is 0 Å². The van der Waals surface area contributed by atoms with E-state index in [1.54, 1.807) is 0 Å². The zero-order chi connectivity index (χ0) is 23.1. The van der Waals surface area contributed by atoms with Crippen LogP contribution in [0.1, 0.15) is 18.1 Å². The summed E-state index contributed by atoms with van der Waals surface area (Å²) in [4.78, 5) is 0. The first kappa shape index (κ1) is 20.3. The summed E-state index contributed by atoms with van der Waals surface area (Å²) in [7, 11) is 0. The predicted molar refractivity (Wildman–Crippen MR) is 147 cm³/mol. The molecule has 1 heteroatoms. The van der Waals surface area contributed by atoms with Crippen molar-refractivity contribution < 1.29 is 4.42 Å². The Bertz CT molecular complexity index is 1710. The van der Waals surface area contributed by atoms with Crippen molar-refractivity contribution in [2.75, 3.05) is 0 Å². The minimum atomic E-state index is 0.904. The maximum Gasteiger partial charge on any atom is 0.136 e. The van der Waals surface area contributed by atoms with Crippen LogP contribution in [0.2, 0.25) is 0 Å². The second-order valence-corrected chi connectivity index (χ2v) is 8.50. The summed E-state index contributed by atoms with van der Waals surface area (Å²) >= 11 is 0. The molecule has 0 aliphatic carbocycles. The lowest BCUT2D eigenvalue weighted by molar-refractivity contribution is 0.669. The lowest BCUT2D eigenvalue weighted by atomic mass is 9.83. The van der Waals surface area contributed by atoms with Crippen molar-refractivity contribution in [1.82, 2.24) is 0 Å². The summed E-state index contributed by atoms with van der Waals surface area (Å²) in [6.45, 7) is 6.29. The monoisotopic (exact) mass is 436 g/mol. The zero-order valence-electron chi connectivity index (χ0n) is 19.1. The van der Waals surface area contributed by atoms with Crippen LogP contribution < -0.4 is 0 Å². The summed E-state index contributed by atoms with van der Waals surface area (Å²) in [5.74, 6) is 0. The van der Waals surface area contributed by atoms with Gasteiger partial charge in [0.2, 0.25) is 0 Å². The quantitative estimate of drug-likeness (QED) is 0.268. The summed E-state index contributed by atoms with van der Waals surface area (Å²) in [6.07, 6.45) is 6.30. The van der Waals surface area contributed by atoms with E-state index in [4.69, 9.17) is 4.42 Å². The van der Waals surface area contributed by atoms with E-state index in [9.17, 15) is 0 Å². The molecule has 5 aromatic carbocycles. The van der Waals surface area contributed by atoms with Gasteiger partial charge in [-0.25, -0.2) is 0 Å². The number of hydrogen-bond donors (Lipinski definition) is 0. The number of furan rings is 1. The van der Waals surface area contributed by atoms with Gasteiger partial charge in [0.05, 0.1) is 0 Å². The fraction of sp³-hybridized carbons (Fsp3) is 0.0303. The molecule has 6 aromatic rings. The van der Waals surface area contributed by atoms with Gasteiger partial charge in [0, 0.05) is 10.8 Å². The smallest absolute Gasteiger partial charge is 0.136 e. The van der Waals surface area contributed by atoms with Gasteiger partial charge in [-0.3, -0.25) is 0 Å². The van der Waals surface area contributed by atoms with Crippen LogP contribution in [0.5, 0.6) is 0 Å². The number of para-hydroxylation sites is 1. The van der Waals surface area contributed by atoms with E-state index < -0.39 is 0 Å². The van der Waals surface area contributed by atoms with Crippen LogP contribution in [-0.2, 0) is 0 Å². The molecule has 0 radical (unpaired) electrons. The Morgan fingerprint density at radius 2 is 1.21 bits per heavy atom. The molecule has 1 aromatic heterocycles. The van der Waals surface area contributed by atoms with E-state index in [1.807, 2.05) is 18.2 Å². The van der Waals surface area contributed by atoms with E-state index in [0.717, 1.165) is 33.1 Å². The topological polar surface area (TPSA) is 13.1 Å². The molecule has 162 valence electrons. The second kappa shape index (κ2) is 8.20. The average Bonchev–Trinajstić information content (AvgIpc) is 3.26. The standard InChI is InChI=1S/C33H24O/c1-3-12-27-24(4-2)32(22-13-6-5-7-14-22)28-16-8-9-17-29(28)33(27)23-19-20-26-25-15-10-11-18-30(25)34-31(26)21-23/h3-21H,2H2,1H3/b12-3-. The third-order valence-electron chi connectivity index (χ3n) is 6.56. The molecule has 6 rings (SSSR count). The molecule has 0 saturated heterocycles. The number of benzene rings is 5. The molecular formula is C33H24O. The van der Waals surface area contributed by atoms with Crippen molar-refractivity contribution in [2.24, 2.45) is 0 Å². The largest absolute Gasteiger partial charge is 0.456 e. The molecule has 0 N–H and O–H groups in total. The van der Waals surface area contributed by atoms with Crippen LogP contribution in [0.4, 0.5) is 0 Å². The Hall–Kier alpha value is -4.36. The van der Waals surface area contributed by atoms with E-state index in [2.05, 4.69) is 111 Å².